The Morgan fingerprint density at radius 2 is 2.22 bits per heavy atom. The van der Waals surface area contributed by atoms with Gasteiger partial charge in [-0.25, -0.2) is 9.67 Å². The van der Waals surface area contributed by atoms with Gasteiger partial charge in [0, 0.05) is 31.7 Å². The summed E-state index contributed by atoms with van der Waals surface area (Å²) in [6.07, 6.45) is 9.16. The predicted octanol–water partition coefficient (Wildman–Crippen LogP) is 2.27. The van der Waals surface area contributed by atoms with Crippen molar-refractivity contribution in [3.63, 3.8) is 0 Å². The van der Waals surface area contributed by atoms with Gasteiger partial charge in [0.05, 0.1) is 6.34 Å². The Bertz CT molecular complexity index is 530. The molecular weight excluding hydrogens is 226 g/mol. The average molecular weight is 241 g/mol. The lowest BCUT2D eigenvalue weighted by molar-refractivity contribution is 0.845. The van der Waals surface area contributed by atoms with E-state index in [1.54, 1.807) is 24.3 Å². The molecule has 5 heteroatoms. The van der Waals surface area contributed by atoms with E-state index in [1.807, 2.05) is 54.6 Å². The summed E-state index contributed by atoms with van der Waals surface area (Å²) < 4.78 is 1.73. The van der Waals surface area contributed by atoms with Crippen molar-refractivity contribution in [1.29, 1.82) is 0 Å². The van der Waals surface area contributed by atoms with Crippen LogP contribution in [-0.4, -0.2) is 28.2 Å². The molecule has 2 heterocycles. The van der Waals surface area contributed by atoms with E-state index < -0.39 is 0 Å². The molecule has 18 heavy (non-hydrogen) atoms. The van der Waals surface area contributed by atoms with E-state index in [4.69, 9.17) is 0 Å². The van der Waals surface area contributed by atoms with E-state index in [-0.39, 0.29) is 0 Å². The highest BCUT2D eigenvalue weighted by Gasteiger charge is 2.05. The third-order valence-corrected chi connectivity index (χ3v) is 2.27. The Morgan fingerprint density at radius 3 is 2.89 bits per heavy atom. The molecule has 0 bridgehead atoms. The zero-order valence-electron chi connectivity index (χ0n) is 10.4. The first-order valence-electron chi connectivity index (χ1n) is 5.65. The maximum Gasteiger partial charge on any atom is 0.160 e. The van der Waals surface area contributed by atoms with Gasteiger partial charge in [-0.1, -0.05) is 12.1 Å². The molecule has 0 atom stereocenters. The molecule has 0 aliphatic heterocycles. The number of pyridine rings is 1. The van der Waals surface area contributed by atoms with Gasteiger partial charge in [0.25, 0.3) is 0 Å². The third kappa shape index (κ3) is 2.63. The average Bonchev–Trinajstić information content (AvgIpc) is 2.89. The van der Waals surface area contributed by atoms with Crippen LogP contribution in [0.15, 0.2) is 53.9 Å². The summed E-state index contributed by atoms with van der Waals surface area (Å²) in [5, 5.41) is 4.46. The van der Waals surface area contributed by atoms with E-state index >= 15 is 0 Å². The fourth-order valence-electron chi connectivity index (χ4n) is 1.53. The molecule has 5 nitrogen and oxygen atoms in total. The zero-order chi connectivity index (χ0) is 12.8. The van der Waals surface area contributed by atoms with Gasteiger partial charge in [0.2, 0.25) is 0 Å². The molecule has 0 aliphatic carbocycles. The molecule has 0 saturated heterocycles. The highest BCUT2D eigenvalue weighted by Crippen LogP contribution is 2.12. The van der Waals surface area contributed by atoms with Crippen LogP contribution >= 0.6 is 0 Å². The number of rotatable bonds is 4. The molecule has 0 amide bonds. The van der Waals surface area contributed by atoms with Gasteiger partial charge in [-0.3, -0.25) is 9.89 Å². The molecule has 0 aromatic carbocycles. The first kappa shape index (κ1) is 12.0. The van der Waals surface area contributed by atoms with E-state index in [0.717, 1.165) is 11.6 Å². The largest absolute Gasteiger partial charge is 0.291 e. The second-order valence-corrected chi connectivity index (χ2v) is 3.57. The van der Waals surface area contributed by atoms with Gasteiger partial charge in [-0.05, 0) is 19.1 Å². The number of hydrogen-bond donors (Lipinski definition) is 0. The summed E-state index contributed by atoms with van der Waals surface area (Å²) in [5.41, 5.74) is 0. The van der Waals surface area contributed by atoms with Crippen molar-refractivity contribution in [2.45, 2.75) is 6.92 Å². The van der Waals surface area contributed by atoms with Crippen molar-refractivity contribution in [2.24, 2.45) is 4.99 Å². The lowest BCUT2D eigenvalue weighted by atomic mass is 10.5. The second kappa shape index (κ2) is 5.77. The van der Waals surface area contributed by atoms with Crippen molar-refractivity contribution in [1.82, 2.24) is 14.8 Å². The fraction of sp³-hybridized carbons (Fsp3) is 0.154. The van der Waals surface area contributed by atoms with Crippen LogP contribution in [-0.2, 0) is 0 Å². The van der Waals surface area contributed by atoms with Crippen molar-refractivity contribution < 1.29 is 0 Å². The molecule has 0 fully saturated rings. The Labute approximate surface area is 106 Å². The molecular formula is C13H15N5. The van der Waals surface area contributed by atoms with Crippen LogP contribution in [0.5, 0.6) is 0 Å². The van der Waals surface area contributed by atoms with Gasteiger partial charge in [0.15, 0.2) is 11.6 Å². The molecule has 2 aromatic rings. The van der Waals surface area contributed by atoms with E-state index in [9.17, 15) is 0 Å². The summed E-state index contributed by atoms with van der Waals surface area (Å²) in [6.45, 7) is 1.95. The molecule has 0 radical (unpaired) electrons. The van der Waals surface area contributed by atoms with Crippen LogP contribution in [0.3, 0.4) is 0 Å². The minimum absolute atomic E-state index is 0.789. The Morgan fingerprint density at radius 1 is 1.33 bits per heavy atom. The Balaban J connectivity index is 2.29. The van der Waals surface area contributed by atoms with Crippen LogP contribution in [0.2, 0.25) is 0 Å². The van der Waals surface area contributed by atoms with Gasteiger partial charge in [0.1, 0.15) is 0 Å². The smallest absolute Gasteiger partial charge is 0.160 e. The Hall–Kier alpha value is -2.43. The molecule has 2 rings (SSSR count). The summed E-state index contributed by atoms with van der Waals surface area (Å²) >= 11 is 0. The quantitative estimate of drug-likeness (QED) is 0.609. The zero-order valence-corrected chi connectivity index (χ0v) is 10.4. The van der Waals surface area contributed by atoms with E-state index in [1.165, 1.54) is 0 Å². The number of nitrogens with zero attached hydrogens (tertiary/aromatic N) is 5. The number of anilines is 1. The molecule has 0 N–H and O–H groups in total. The normalized spacial score (nSPS) is 11.4. The van der Waals surface area contributed by atoms with Crippen LogP contribution in [0.4, 0.5) is 5.82 Å². The van der Waals surface area contributed by atoms with Gasteiger partial charge in [-0.2, -0.15) is 0 Å². The lowest BCUT2D eigenvalue weighted by Gasteiger charge is -2.09. The molecule has 0 aliphatic rings. The standard InChI is InChI=1S/C13H15N5/c1-3-9-17(11-14-2)13-7-10-18(16-13)12-6-4-5-8-15-12/h3-11H,1-2H3/b9-3-,14-11+. The van der Waals surface area contributed by atoms with Gasteiger partial charge >= 0.3 is 0 Å². The molecule has 2 aromatic heterocycles. The fourth-order valence-corrected chi connectivity index (χ4v) is 1.53. The van der Waals surface area contributed by atoms with Crippen LogP contribution in [0.25, 0.3) is 5.82 Å². The van der Waals surface area contributed by atoms with Crippen molar-refractivity contribution in [2.75, 3.05) is 11.9 Å². The Kier molecular flexibility index (Phi) is 3.86. The molecule has 0 unspecified atom stereocenters. The molecule has 0 spiro atoms. The number of aromatic nitrogens is 3. The highest BCUT2D eigenvalue weighted by molar-refractivity contribution is 5.79. The van der Waals surface area contributed by atoms with Crippen molar-refractivity contribution in [3.05, 3.63) is 48.9 Å². The van der Waals surface area contributed by atoms with E-state index in [0.29, 0.717) is 0 Å². The van der Waals surface area contributed by atoms with Crippen LogP contribution in [0.1, 0.15) is 6.92 Å². The maximum atomic E-state index is 4.46. The lowest BCUT2D eigenvalue weighted by Crippen LogP contribution is -2.14. The van der Waals surface area contributed by atoms with E-state index in [2.05, 4.69) is 15.1 Å². The number of aliphatic imine (C=N–C) groups is 1. The third-order valence-electron chi connectivity index (χ3n) is 2.27. The topological polar surface area (TPSA) is 46.3 Å². The minimum atomic E-state index is 0.789. The molecule has 92 valence electrons. The first-order valence-corrected chi connectivity index (χ1v) is 5.65. The number of hydrogen-bond acceptors (Lipinski definition) is 3. The van der Waals surface area contributed by atoms with Gasteiger partial charge in [-0.15, -0.1) is 5.10 Å². The highest BCUT2D eigenvalue weighted by atomic mass is 15.4. The van der Waals surface area contributed by atoms with Crippen molar-refractivity contribution in [3.8, 4) is 5.82 Å². The van der Waals surface area contributed by atoms with Crippen molar-refractivity contribution >= 4 is 12.2 Å². The van der Waals surface area contributed by atoms with Gasteiger partial charge < -0.3 is 0 Å². The summed E-state index contributed by atoms with van der Waals surface area (Å²) in [5.74, 6) is 1.59. The van der Waals surface area contributed by atoms with Crippen LogP contribution < -0.4 is 4.90 Å². The summed E-state index contributed by atoms with van der Waals surface area (Å²) in [4.78, 5) is 10.1. The number of allylic oxidation sites excluding steroid dienone is 1. The minimum Gasteiger partial charge on any atom is -0.291 e. The summed E-state index contributed by atoms with van der Waals surface area (Å²) in [7, 11) is 1.73. The van der Waals surface area contributed by atoms with Crippen LogP contribution in [0, 0.1) is 0 Å². The predicted molar refractivity (Wildman–Crippen MR) is 73.1 cm³/mol. The maximum absolute atomic E-state index is 4.46. The first-order chi connectivity index (χ1) is 8.85. The SMILES string of the molecule is C/C=C\N(/C=N/C)c1ccn(-c2ccccn2)n1. The second-order valence-electron chi connectivity index (χ2n) is 3.57. The summed E-state index contributed by atoms with van der Waals surface area (Å²) in [6, 6.07) is 7.63. The molecule has 0 saturated carbocycles. The monoisotopic (exact) mass is 241 g/mol.